The normalized spacial score (nSPS) is 25.8. The monoisotopic (exact) mass is 282 g/mol. The zero-order valence-electron chi connectivity index (χ0n) is 13.4. The Morgan fingerprint density at radius 2 is 1.85 bits per heavy atom. The van der Waals surface area contributed by atoms with Crippen LogP contribution >= 0.6 is 0 Å². The number of carbonyl (C=O) groups excluding carboxylic acids is 1. The fourth-order valence-electron chi connectivity index (χ4n) is 3.12. The summed E-state index contributed by atoms with van der Waals surface area (Å²) in [6, 6.07) is 0. The first-order chi connectivity index (χ1) is 9.44. The lowest BCUT2D eigenvalue weighted by molar-refractivity contribution is -0.137. The van der Waals surface area contributed by atoms with Crippen molar-refractivity contribution in [2.24, 2.45) is 5.41 Å². The second-order valence-electron chi connectivity index (χ2n) is 7.41. The summed E-state index contributed by atoms with van der Waals surface area (Å²) in [4.78, 5) is 16.8. The van der Waals surface area contributed by atoms with Gasteiger partial charge in [0.1, 0.15) is 0 Å². The molecule has 2 saturated heterocycles. The van der Waals surface area contributed by atoms with Crippen LogP contribution in [0, 0.1) is 5.41 Å². The highest BCUT2D eigenvalue weighted by Crippen LogP contribution is 2.19. The average molecular weight is 282 g/mol. The molecule has 1 unspecified atom stereocenters. The van der Waals surface area contributed by atoms with Crippen LogP contribution in [0.5, 0.6) is 0 Å². The molecule has 0 aromatic carbocycles. The van der Waals surface area contributed by atoms with Crippen molar-refractivity contribution in [3.8, 4) is 0 Å². The Hall–Kier alpha value is -0.610. The van der Waals surface area contributed by atoms with Crippen molar-refractivity contribution < 1.29 is 9.53 Å². The van der Waals surface area contributed by atoms with E-state index in [-0.39, 0.29) is 12.0 Å². The van der Waals surface area contributed by atoms with Gasteiger partial charge in [-0.3, -0.25) is 9.69 Å². The van der Waals surface area contributed by atoms with Crippen LogP contribution in [0.3, 0.4) is 0 Å². The van der Waals surface area contributed by atoms with Gasteiger partial charge in [0.25, 0.3) is 0 Å². The summed E-state index contributed by atoms with van der Waals surface area (Å²) in [5.41, 5.74) is 0.335. The van der Waals surface area contributed by atoms with Crippen molar-refractivity contribution >= 4 is 5.91 Å². The molecule has 0 spiro atoms. The highest BCUT2D eigenvalue weighted by Gasteiger charge is 2.26. The second kappa shape index (κ2) is 6.90. The van der Waals surface area contributed by atoms with Crippen molar-refractivity contribution in [1.29, 1.82) is 0 Å². The molecule has 4 nitrogen and oxygen atoms in total. The van der Waals surface area contributed by atoms with E-state index in [0.29, 0.717) is 11.8 Å². The zero-order chi connectivity index (χ0) is 14.6. The molecule has 20 heavy (non-hydrogen) atoms. The number of hydrogen-bond donors (Lipinski definition) is 0. The van der Waals surface area contributed by atoms with E-state index in [1.54, 1.807) is 0 Å². The molecule has 0 aliphatic carbocycles. The van der Waals surface area contributed by atoms with E-state index in [9.17, 15) is 4.79 Å². The predicted molar refractivity (Wildman–Crippen MR) is 80.7 cm³/mol. The lowest BCUT2D eigenvalue weighted by atomic mass is 9.96. The van der Waals surface area contributed by atoms with Gasteiger partial charge in [0, 0.05) is 39.3 Å². The van der Waals surface area contributed by atoms with Gasteiger partial charge < -0.3 is 9.64 Å². The maximum absolute atomic E-state index is 12.3. The summed E-state index contributed by atoms with van der Waals surface area (Å²) in [6.45, 7) is 12.5. The van der Waals surface area contributed by atoms with Gasteiger partial charge in [0.15, 0.2) is 0 Å². The molecule has 2 aliphatic rings. The Balaban J connectivity index is 1.71. The van der Waals surface area contributed by atoms with Crippen LogP contribution in [-0.4, -0.2) is 61.1 Å². The number of amides is 1. The van der Waals surface area contributed by atoms with Crippen molar-refractivity contribution in [3.05, 3.63) is 0 Å². The van der Waals surface area contributed by atoms with Crippen molar-refractivity contribution in [2.45, 2.75) is 52.6 Å². The molecule has 0 N–H and O–H groups in total. The first kappa shape index (κ1) is 15.8. The highest BCUT2D eigenvalue weighted by molar-refractivity contribution is 5.76. The topological polar surface area (TPSA) is 32.8 Å². The van der Waals surface area contributed by atoms with E-state index in [1.165, 1.54) is 6.42 Å². The number of nitrogens with zero attached hydrogens (tertiary/aromatic N) is 2. The van der Waals surface area contributed by atoms with Crippen LogP contribution in [-0.2, 0) is 9.53 Å². The fraction of sp³-hybridized carbons (Fsp3) is 0.938. The largest absolute Gasteiger partial charge is 0.378 e. The van der Waals surface area contributed by atoms with Gasteiger partial charge in [0.2, 0.25) is 5.91 Å². The van der Waals surface area contributed by atoms with E-state index in [4.69, 9.17) is 4.74 Å². The molecule has 4 heteroatoms. The van der Waals surface area contributed by atoms with Crippen molar-refractivity contribution in [1.82, 2.24) is 9.80 Å². The molecule has 0 radical (unpaired) electrons. The van der Waals surface area contributed by atoms with Gasteiger partial charge in [-0.05, 0) is 24.7 Å². The molecule has 116 valence electrons. The van der Waals surface area contributed by atoms with Crippen LogP contribution in [0.25, 0.3) is 0 Å². The van der Waals surface area contributed by atoms with Gasteiger partial charge >= 0.3 is 0 Å². The third-order valence-corrected chi connectivity index (χ3v) is 4.10. The van der Waals surface area contributed by atoms with Crippen molar-refractivity contribution in [2.75, 3.05) is 39.3 Å². The summed E-state index contributed by atoms with van der Waals surface area (Å²) in [5, 5.41) is 0. The Bertz CT molecular complexity index is 311. The average Bonchev–Trinajstić information content (AvgIpc) is 2.39. The first-order valence-electron chi connectivity index (χ1n) is 8.06. The van der Waals surface area contributed by atoms with E-state index < -0.39 is 0 Å². The Labute approximate surface area is 123 Å². The molecule has 1 amide bonds. The summed E-state index contributed by atoms with van der Waals surface area (Å²) in [7, 11) is 0. The summed E-state index contributed by atoms with van der Waals surface area (Å²) in [5.74, 6) is 0.285. The molecule has 0 aromatic rings. The molecule has 0 saturated carbocycles. The summed E-state index contributed by atoms with van der Waals surface area (Å²) in [6.07, 6.45) is 4.16. The Kier molecular flexibility index (Phi) is 5.44. The molecule has 1 atom stereocenters. The molecular formula is C16H30N2O2. The van der Waals surface area contributed by atoms with Crippen LogP contribution in [0.2, 0.25) is 0 Å². The number of rotatable bonds is 3. The van der Waals surface area contributed by atoms with Crippen LogP contribution in [0.1, 0.15) is 46.5 Å². The first-order valence-corrected chi connectivity index (χ1v) is 8.06. The van der Waals surface area contributed by atoms with Gasteiger partial charge in [0.05, 0.1) is 12.5 Å². The minimum Gasteiger partial charge on any atom is -0.378 e. The minimum absolute atomic E-state index is 0.170. The van der Waals surface area contributed by atoms with Crippen LogP contribution in [0.15, 0.2) is 0 Å². The van der Waals surface area contributed by atoms with E-state index >= 15 is 0 Å². The molecule has 2 aliphatic heterocycles. The third kappa shape index (κ3) is 5.06. The molecule has 2 rings (SSSR count). The number of carbonyl (C=O) groups is 1. The predicted octanol–water partition coefficient (Wildman–Crippen LogP) is 2.14. The van der Waals surface area contributed by atoms with Crippen LogP contribution in [0.4, 0.5) is 0 Å². The lowest BCUT2D eigenvalue weighted by Crippen LogP contribution is -2.51. The van der Waals surface area contributed by atoms with E-state index in [2.05, 4.69) is 25.7 Å². The Morgan fingerprint density at radius 1 is 1.15 bits per heavy atom. The molecule has 2 fully saturated rings. The number of ether oxygens (including phenoxy) is 1. The zero-order valence-corrected chi connectivity index (χ0v) is 13.4. The molecule has 2 heterocycles. The SMILES string of the molecule is CC(C)(C)CN1CCN(C(=O)CC2CCCCO2)CC1. The smallest absolute Gasteiger partial charge is 0.225 e. The standard InChI is InChI=1S/C16H30N2O2/c1-16(2,3)13-17-7-9-18(10-8-17)15(19)12-14-6-4-5-11-20-14/h14H,4-13H2,1-3H3. The fourth-order valence-corrected chi connectivity index (χ4v) is 3.12. The minimum atomic E-state index is 0.170. The van der Waals surface area contributed by atoms with E-state index in [1.807, 2.05) is 4.90 Å². The number of hydrogen-bond acceptors (Lipinski definition) is 3. The second-order valence-corrected chi connectivity index (χ2v) is 7.41. The van der Waals surface area contributed by atoms with Gasteiger partial charge in [-0.1, -0.05) is 20.8 Å². The summed E-state index contributed by atoms with van der Waals surface area (Å²) >= 11 is 0. The van der Waals surface area contributed by atoms with E-state index in [0.717, 1.165) is 52.2 Å². The van der Waals surface area contributed by atoms with Gasteiger partial charge in [-0.2, -0.15) is 0 Å². The highest BCUT2D eigenvalue weighted by atomic mass is 16.5. The third-order valence-electron chi connectivity index (χ3n) is 4.10. The van der Waals surface area contributed by atoms with Gasteiger partial charge in [-0.25, -0.2) is 0 Å². The maximum atomic E-state index is 12.3. The molecular weight excluding hydrogens is 252 g/mol. The summed E-state index contributed by atoms with van der Waals surface area (Å²) < 4.78 is 5.67. The van der Waals surface area contributed by atoms with Crippen LogP contribution < -0.4 is 0 Å². The Morgan fingerprint density at radius 3 is 2.40 bits per heavy atom. The molecule has 0 bridgehead atoms. The van der Waals surface area contributed by atoms with Gasteiger partial charge in [-0.15, -0.1) is 0 Å². The van der Waals surface area contributed by atoms with Crippen molar-refractivity contribution in [3.63, 3.8) is 0 Å². The number of piperazine rings is 1. The lowest BCUT2D eigenvalue weighted by Gasteiger charge is -2.38. The quantitative estimate of drug-likeness (QED) is 0.795. The molecule has 0 aromatic heterocycles. The maximum Gasteiger partial charge on any atom is 0.225 e.